The first-order chi connectivity index (χ1) is 32.5. The second kappa shape index (κ2) is 34.9. The summed E-state index contributed by atoms with van der Waals surface area (Å²) in [7, 11) is -10.9. The summed E-state index contributed by atoms with van der Waals surface area (Å²) in [5.41, 5.74) is 4.57. The van der Waals surface area contributed by atoms with Crippen LogP contribution in [-0.2, 0) is 46.3 Å². The van der Waals surface area contributed by atoms with E-state index in [0.717, 1.165) is 74.5 Å². The van der Waals surface area contributed by atoms with E-state index >= 15 is 0 Å². The van der Waals surface area contributed by atoms with Crippen LogP contribution in [0.3, 0.4) is 0 Å². The summed E-state index contributed by atoms with van der Waals surface area (Å²) in [6.45, 7) is 4.15. The fourth-order valence-corrected chi connectivity index (χ4v) is 8.99. The molecule has 1 aliphatic rings. The van der Waals surface area contributed by atoms with Crippen molar-refractivity contribution in [3.8, 4) is 0 Å². The predicted octanol–water partition coefficient (Wildman–Crippen LogP) is 8.21. The summed E-state index contributed by atoms with van der Waals surface area (Å²) in [5, 5.41) is 30.6. The van der Waals surface area contributed by atoms with Gasteiger partial charge in [0, 0.05) is 19.0 Å². The van der Waals surface area contributed by atoms with E-state index < -0.39 is 83.7 Å². The zero-order valence-corrected chi connectivity index (χ0v) is 42.0. The van der Waals surface area contributed by atoms with E-state index in [0.29, 0.717) is 25.7 Å². The number of aliphatic hydroxyl groups is 3. The number of hydrogen-bond acceptors (Lipinski definition) is 16. The summed E-state index contributed by atoms with van der Waals surface area (Å²) < 4.78 is 56.6. The van der Waals surface area contributed by atoms with Crippen LogP contribution in [0, 0.1) is 5.92 Å². The number of nitrogens with zero attached hydrogens (tertiary/aromatic N) is 2. The molecule has 1 fully saturated rings. The maximum Gasteiger partial charge on any atom is 0.481 e. The zero-order chi connectivity index (χ0) is 50.2. The lowest BCUT2D eigenvalue weighted by Crippen LogP contribution is -2.36. The average molecular weight is 1000 g/mol. The number of allylic oxidation sites excluding steroid dienone is 7. The molecule has 388 valence electrons. The van der Waals surface area contributed by atoms with Gasteiger partial charge in [-0.3, -0.25) is 23.2 Å². The number of ether oxygens (including phenoxy) is 3. The fourth-order valence-electron chi connectivity index (χ4n) is 6.88. The number of esters is 2. The lowest BCUT2D eigenvalue weighted by Gasteiger charge is -2.21. The van der Waals surface area contributed by atoms with Gasteiger partial charge in [0.2, 0.25) is 0 Å². The Balaban J connectivity index is 1.84. The standard InChI is InChI=1S/C47H79N3O16P2/c1-4-27-38(51)29-24-20-16-11-9-7-6-8-10-12-17-21-25-30-42(52)61-34-39(64-43(53)31-26-22-18-14-13-15-19-23-28-37(3)5-2)35-62-67(57,58)66-68(59,60)63-36-40-44(54)45(55)46(65-40)50-33-32-41(48)49-47(50)56/h6,8-9,11-12,17,20,24,32-33,37-40,44-46,51,54-55H,4-5,7,10,13-16,18-19,21-23,25-31,34-36H2,1-3H3,(H,57,58)(H,59,60)(H2,48,49,56)/b8-6-,11-9-,17-12-,24-20-/t37?,38?,39-,40-,44-,45-,46-/m1/s1. The highest BCUT2D eigenvalue weighted by Gasteiger charge is 2.46. The Kier molecular flexibility index (Phi) is 31.2. The highest BCUT2D eigenvalue weighted by atomic mass is 31.3. The summed E-state index contributed by atoms with van der Waals surface area (Å²) in [6, 6.07) is 1.24. The summed E-state index contributed by atoms with van der Waals surface area (Å²) in [4.78, 5) is 61.7. The van der Waals surface area contributed by atoms with Crippen LogP contribution in [0.4, 0.5) is 5.82 Å². The number of aromatic nitrogens is 2. The number of rotatable bonds is 38. The molecule has 0 spiro atoms. The Morgan fingerprint density at radius 2 is 1.40 bits per heavy atom. The van der Waals surface area contributed by atoms with Crippen LogP contribution in [0.15, 0.2) is 65.7 Å². The molecule has 21 heteroatoms. The highest BCUT2D eigenvalue weighted by Crippen LogP contribution is 2.60. The third-order valence-electron chi connectivity index (χ3n) is 11.0. The largest absolute Gasteiger partial charge is 0.481 e. The van der Waals surface area contributed by atoms with Crippen molar-refractivity contribution >= 4 is 33.4 Å². The smallest absolute Gasteiger partial charge is 0.462 e. The molecule has 2 rings (SSSR count). The van der Waals surface area contributed by atoms with Gasteiger partial charge >= 0.3 is 33.3 Å². The molecule has 0 amide bonds. The lowest BCUT2D eigenvalue weighted by atomic mass is 9.99. The molecular weight excluding hydrogens is 924 g/mol. The Bertz CT molecular complexity index is 1860. The molecule has 9 atom stereocenters. The van der Waals surface area contributed by atoms with Gasteiger partial charge in [-0.25, -0.2) is 13.9 Å². The maximum absolute atomic E-state index is 12.8. The van der Waals surface area contributed by atoms with Crippen molar-refractivity contribution in [2.24, 2.45) is 5.92 Å². The molecule has 2 heterocycles. The number of phosphoric ester groups is 2. The molecule has 0 aliphatic carbocycles. The van der Waals surface area contributed by atoms with Crippen molar-refractivity contribution in [3.05, 3.63) is 71.4 Å². The Morgan fingerprint density at radius 1 is 0.809 bits per heavy atom. The average Bonchev–Trinajstić information content (AvgIpc) is 3.56. The number of hydrogen-bond donors (Lipinski definition) is 6. The summed E-state index contributed by atoms with van der Waals surface area (Å²) in [5.74, 6) is -0.637. The monoisotopic (exact) mass is 1000 g/mol. The molecule has 19 nitrogen and oxygen atoms in total. The van der Waals surface area contributed by atoms with Gasteiger partial charge in [-0.05, 0) is 63.4 Å². The Labute approximate surface area is 402 Å². The quantitative estimate of drug-likeness (QED) is 0.0157. The number of carbonyl (C=O) groups is 2. The Hall–Kier alpha value is -3.32. The molecule has 0 bridgehead atoms. The first-order valence-corrected chi connectivity index (χ1v) is 27.1. The third kappa shape index (κ3) is 27.8. The minimum atomic E-state index is -5.44. The number of carbonyl (C=O) groups excluding carboxylic acids is 2. The predicted molar refractivity (Wildman–Crippen MR) is 258 cm³/mol. The minimum Gasteiger partial charge on any atom is -0.462 e. The van der Waals surface area contributed by atoms with Crippen LogP contribution in [0.2, 0.25) is 0 Å². The van der Waals surface area contributed by atoms with Gasteiger partial charge in [0.1, 0.15) is 30.7 Å². The van der Waals surface area contributed by atoms with Crippen molar-refractivity contribution < 1.29 is 71.4 Å². The Morgan fingerprint density at radius 3 is 2.03 bits per heavy atom. The molecule has 1 aliphatic heterocycles. The highest BCUT2D eigenvalue weighted by molar-refractivity contribution is 7.61. The second-order valence-electron chi connectivity index (χ2n) is 17.0. The minimum absolute atomic E-state index is 0.0297. The molecule has 0 saturated carbocycles. The van der Waals surface area contributed by atoms with Crippen LogP contribution in [0.25, 0.3) is 0 Å². The van der Waals surface area contributed by atoms with Crippen molar-refractivity contribution in [1.29, 1.82) is 0 Å². The van der Waals surface area contributed by atoms with E-state index in [2.05, 4.69) is 48.3 Å². The first-order valence-electron chi connectivity index (χ1n) is 24.1. The van der Waals surface area contributed by atoms with Crippen LogP contribution in [0.1, 0.15) is 155 Å². The van der Waals surface area contributed by atoms with Crippen LogP contribution >= 0.6 is 15.6 Å². The van der Waals surface area contributed by atoms with E-state index in [1.54, 1.807) is 0 Å². The molecule has 1 aromatic rings. The molecule has 4 unspecified atom stereocenters. The molecule has 7 N–H and O–H groups in total. The molecule has 0 aromatic carbocycles. The van der Waals surface area contributed by atoms with E-state index in [1.807, 2.05) is 30.4 Å². The maximum atomic E-state index is 12.8. The van der Waals surface area contributed by atoms with Gasteiger partial charge in [-0.2, -0.15) is 9.29 Å². The van der Waals surface area contributed by atoms with Gasteiger partial charge in [0.15, 0.2) is 12.3 Å². The van der Waals surface area contributed by atoms with E-state index in [1.165, 1.54) is 38.2 Å². The normalized spacial score (nSPS) is 20.8. The van der Waals surface area contributed by atoms with Gasteiger partial charge < -0.3 is 45.1 Å². The SMILES string of the molecule is CCCC(O)C/C=C\C/C=C\C/C=C\C/C=C\CCCC(=O)OC[C@H](COP(=O)(O)OP(=O)(O)OC[C@H]1O[C@@H](n2ccc(N)nc2=O)[C@H](O)[C@@H]1O)OC(=O)CCCCCCCCCCC(C)CC. The number of aliphatic hydroxyl groups excluding tert-OH is 3. The third-order valence-corrected chi connectivity index (χ3v) is 13.6. The fraction of sp³-hybridized carbons (Fsp3) is 0.702. The molecule has 68 heavy (non-hydrogen) atoms. The second-order valence-corrected chi connectivity index (χ2v) is 20.1. The van der Waals surface area contributed by atoms with Crippen molar-refractivity contribution in [1.82, 2.24) is 9.55 Å². The summed E-state index contributed by atoms with van der Waals surface area (Å²) in [6.07, 6.45) is 25.7. The lowest BCUT2D eigenvalue weighted by molar-refractivity contribution is -0.161. The van der Waals surface area contributed by atoms with E-state index in [-0.39, 0.29) is 24.8 Å². The van der Waals surface area contributed by atoms with Crippen LogP contribution in [0.5, 0.6) is 0 Å². The van der Waals surface area contributed by atoms with Gasteiger partial charge in [-0.15, -0.1) is 0 Å². The zero-order valence-electron chi connectivity index (χ0n) is 40.2. The van der Waals surface area contributed by atoms with Crippen LogP contribution < -0.4 is 11.4 Å². The number of nitrogen functional groups attached to an aromatic ring is 1. The first kappa shape index (κ1) is 60.8. The van der Waals surface area contributed by atoms with Crippen molar-refractivity contribution in [2.75, 3.05) is 25.6 Å². The van der Waals surface area contributed by atoms with Crippen LogP contribution in [-0.4, -0.2) is 96.9 Å². The molecular formula is C47H79N3O16P2. The molecule has 1 saturated heterocycles. The van der Waals surface area contributed by atoms with Crippen molar-refractivity contribution in [3.63, 3.8) is 0 Å². The van der Waals surface area contributed by atoms with Gasteiger partial charge in [0.25, 0.3) is 0 Å². The summed E-state index contributed by atoms with van der Waals surface area (Å²) >= 11 is 0. The van der Waals surface area contributed by atoms with Gasteiger partial charge in [-0.1, -0.05) is 134 Å². The number of unbranched alkanes of at least 4 members (excludes halogenated alkanes) is 8. The number of anilines is 1. The molecule has 1 aromatic heterocycles. The van der Waals surface area contributed by atoms with Crippen molar-refractivity contribution in [2.45, 2.75) is 186 Å². The topological polar surface area (TPSA) is 286 Å². The number of phosphoric acid groups is 2. The molecule has 0 radical (unpaired) electrons. The number of nitrogens with two attached hydrogens (primary N) is 1. The van der Waals surface area contributed by atoms with E-state index in [4.69, 9.17) is 29.0 Å². The van der Waals surface area contributed by atoms with Gasteiger partial charge in [0.05, 0.1) is 19.3 Å². The van der Waals surface area contributed by atoms with E-state index in [9.17, 15) is 48.6 Å².